The number of carbonyl (C=O) groups excluding carboxylic acids is 4. The number of fused-ring (bicyclic) bond motifs is 10. The molecule has 2 aromatic carbocycles. The van der Waals surface area contributed by atoms with E-state index in [1.807, 2.05) is 0 Å². The maximum absolute atomic E-state index is 13.2. The van der Waals surface area contributed by atoms with Gasteiger partial charge in [0.25, 0.3) is 0 Å². The van der Waals surface area contributed by atoms with Gasteiger partial charge in [0.05, 0.1) is 35.0 Å². The molecule has 4 aliphatic carbocycles. The van der Waals surface area contributed by atoms with Gasteiger partial charge in [0, 0.05) is 6.07 Å². The summed E-state index contributed by atoms with van der Waals surface area (Å²) in [5, 5.41) is 0. The summed E-state index contributed by atoms with van der Waals surface area (Å²) in [5.74, 6) is 0.261. The normalized spacial score (nSPS) is 36.3. The molecule has 0 N–H and O–H groups in total. The Bertz CT molecular complexity index is 1400. The van der Waals surface area contributed by atoms with Crippen LogP contribution in [0.25, 0.3) is 0 Å². The van der Waals surface area contributed by atoms with Crippen LogP contribution in [0.5, 0.6) is 11.5 Å². The van der Waals surface area contributed by atoms with Crippen LogP contribution >= 0.6 is 0 Å². The molecule has 6 aliphatic rings. The van der Waals surface area contributed by atoms with Gasteiger partial charge in [-0.15, -0.1) is 0 Å². The number of imide groups is 2. The summed E-state index contributed by atoms with van der Waals surface area (Å²) < 4.78 is 6.03. The summed E-state index contributed by atoms with van der Waals surface area (Å²) in [4.78, 5) is 55.1. The van der Waals surface area contributed by atoms with Crippen molar-refractivity contribution in [1.82, 2.24) is 0 Å². The number of allylic oxidation sites excluding steroid dienone is 4. The van der Waals surface area contributed by atoms with E-state index in [4.69, 9.17) is 4.74 Å². The number of hydrogen-bond acceptors (Lipinski definition) is 5. The highest BCUT2D eigenvalue weighted by molar-refractivity contribution is 6.23. The van der Waals surface area contributed by atoms with Gasteiger partial charge in [-0.3, -0.25) is 24.1 Å². The minimum Gasteiger partial charge on any atom is -0.457 e. The van der Waals surface area contributed by atoms with Gasteiger partial charge in [-0.1, -0.05) is 30.4 Å². The average Bonchev–Trinajstić information content (AvgIpc) is 3.73. The van der Waals surface area contributed by atoms with Crippen LogP contribution in [-0.2, 0) is 19.2 Å². The molecule has 7 nitrogen and oxygen atoms in total. The van der Waals surface area contributed by atoms with Crippen LogP contribution in [0.4, 0.5) is 11.4 Å². The van der Waals surface area contributed by atoms with Crippen LogP contribution in [-0.4, -0.2) is 23.6 Å². The highest BCUT2D eigenvalue weighted by Crippen LogP contribution is 2.54. The molecule has 4 bridgehead atoms. The van der Waals surface area contributed by atoms with Gasteiger partial charge in [-0.25, -0.2) is 4.90 Å². The molecule has 2 saturated carbocycles. The minimum absolute atomic E-state index is 0.110. The monoisotopic (exact) mass is 492 g/mol. The minimum atomic E-state index is -0.249. The molecule has 37 heavy (non-hydrogen) atoms. The Hall–Kier alpha value is -4.00. The number of ether oxygens (including phenoxy) is 1. The highest BCUT2D eigenvalue weighted by Gasteiger charge is 2.60. The second-order valence-electron chi connectivity index (χ2n) is 11.1. The van der Waals surface area contributed by atoms with E-state index in [2.05, 4.69) is 24.3 Å². The molecule has 0 radical (unpaired) electrons. The van der Waals surface area contributed by atoms with Crippen LogP contribution in [0, 0.1) is 47.3 Å². The first-order chi connectivity index (χ1) is 18.0. The lowest BCUT2D eigenvalue weighted by molar-refractivity contribution is -0.124. The zero-order valence-electron chi connectivity index (χ0n) is 19.9. The predicted octanol–water partition coefficient (Wildman–Crippen LogP) is 4.10. The van der Waals surface area contributed by atoms with Crippen LogP contribution in [0.15, 0.2) is 72.8 Å². The van der Waals surface area contributed by atoms with Gasteiger partial charge >= 0.3 is 0 Å². The molecular weight excluding hydrogens is 468 g/mol. The topological polar surface area (TPSA) is 84.0 Å². The highest BCUT2D eigenvalue weighted by atomic mass is 16.5. The first kappa shape index (κ1) is 21.1. The van der Waals surface area contributed by atoms with Gasteiger partial charge < -0.3 is 4.74 Å². The molecule has 2 saturated heterocycles. The third-order valence-electron chi connectivity index (χ3n) is 9.35. The van der Waals surface area contributed by atoms with Crippen molar-refractivity contribution in [2.45, 2.75) is 12.8 Å². The Morgan fingerprint density at radius 2 is 1.00 bits per heavy atom. The lowest BCUT2D eigenvalue weighted by atomic mass is 9.85. The zero-order valence-corrected chi connectivity index (χ0v) is 19.9. The SMILES string of the molecule is O=C1C2C3C=CC(C3)C2C(=O)N1c1ccc(Oc2cccc(N3C(=O)C4C5C=CC(C5)C4C3=O)c2)cc1. The van der Waals surface area contributed by atoms with Crippen LogP contribution in [0.2, 0.25) is 0 Å². The molecule has 2 aromatic rings. The van der Waals surface area contributed by atoms with Crippen molar-refractivity contribution < 1.29 is 23.9 Å². The van der Waals surface area contributed by atoms with Gasteiger partial charge in [-0.05, 0) is 72.9 Å². The Balaban J connectivity index is 1.01. The van der Waals surface area contributed by atoms with Crippen molar-refractivity contribution in [3.63, 3.8) is 0 Å². The second-order valence-corrected chi connectivity index (χ2v) is 11.1. The number of nitrogens with zero attached hydrogens (tertiary/aromatic N) is 2. The third-order valence-corrected chi connectivity index (χ3v) is 9.35. The van der Waals surface area contributed by atoms with E-state index in [1.54, 1.807) is 48.5 Å². The van der Waals surface area contributed by atoms with E-state index < -0.39 is 0 Å². The zero-order chi connectivity index (χ0) is 25.0. The fraction of sp³-hybridized carbons (Fsp3) is 0.333. The molecule has 2 aliphatic heterocycles. The smallest absolute Gasteiger partial charge is 0.238 e. The molecule has 184 valence electrons. The quantitative estimate of drug-likeness (QED) is 0.474. The largest absolute Gasteiger partial charge is 0.457 e. The second kappa shape index (κ2) is 7.28. The van der Waals surface area contributed by atoms with E-state index in [-0.39, 0.29) is 71.0 Å². The number of carbonyl (C=O) groups is 4. The lowest BCUT2D eigenvalue weighted by Gasteiger charge is -2.19. The molecule has 2 heterocycles. The first-order valence-corrected chi connectivity index (χ1v) is 13.0. The third kappa shape index (κ3) is 2.77. The number of rotatable bonds is 4. The van der Waals surface area contributed by atoms with Crippen LogP contribution in [0.1, 0.15) is 12.8 Å². The Morgan fingerprint density at radius 1 is 0.541 bits per heavy atom. The van der Waals surface area contributed by atoms with Crippen molar-refractivity contribution >= 4 is 35.0 Å². The molecule has 4 amide bonds. The van der Waals surface area contributed by atoms with Gasteiger partial charge in [0.15, 0.2) is 0 Å². The summed E-state index contributed by atoms with van der Waals surface area (Å²) in [7, 11) is 0. The lowest BCUT2D eigenvalue weighted by Crippen LogP contribution is -2.32. The summed E-state index contributed by atoms with van der Waals surface area (Å²) in [5.41, 5.74) is 1.06. The maximum Gasteiger partial charge on any atom is 0.238 e. The predicted molar refractivity (Wildman–Crippen MR) is 133 cm³/mol. The molecule has 8 rings (SSSR count). The molecule has 7 heteroatoms. The fourth-order valence-corrected chi connectivity index (χ4v) is 7.80. The molecule has 4 fully saturated rings. The summed E-state index contributed by atoms with van der Waals surface area (Å²) in [6.07, 6.45) is 10.1. The van der Waals surface area contributed by atoms with E-state index >= 15 is 0 Å². The van der Waals surface area contributed by atoms with Crippen molar-refractivity contribution in [2.24, 2.45) is 47.3 Å². The Morgan fingerprint density at radius 3 is 1.49 bits per heavy atom. The number of benzene rings is 2. The molecular formula is C30H24N2O5. The molecule has 8 atom stereocenters. The van der Waals surface area contributed by atoms with E-state index in [9.17, 15) is 19.2 Å². The average molecular weight is 493 g/mol. The number of anilines is 2. The van der Waals surface area contributed by atoms with Gasteiger partial charge in [-0.2, -0.15) is 0 Å². The van der Waals surface area contributed by atoms with Crippen molar-refractivity contribution in [3.05, 3.63) is 72.8 Å². The Kier molecular flexibility index (Phi) is 4.15. The van der Waals surface area contributed by atoms with E-state index in [1.165, 1.54) is 9.80 Å². The maximum atomic E-state index is 13.2. The number of amides is 4. The van der Waals surface area contributed by atoms with Crippen LogP contribution in [0.3, 0.4) is 0 Å². The fourth-order valence-electron chi connectivity index (χ4n) is 7.80. The Labute approximate surface area is 213 Å². The van der Waals surface area contributed by atoms with Crippen molar-refractivity contribution in [2.75, 3.05) is 9.80 Å². The van der Waals surface area contributed by atoms with Crippen molar-refractivity contribution in [3.8, 4) is 11.5 Å². The van der Waals surface area contributed by atoms with E-state index in [0.717, 1.165) is 12.8 Å². The van der Waals surface area contributed by atoms with Crippen LogP contribution < -0.4 is 14.5 Å². The summed E-state index contributed by atoms with van der Waals surface area (Å²) >= 11 is 0. The molecule has 0 spiro atoms. The standard InChI is InChI=1S/C30H24N2O5/c33-27-23-15-4-5-16(12-15)24(23)28(34)31(27)19-8-10-21(11-9-19)37-22-3-1-2-20(14-22)32-29(35)25-17-6-7-18(13-17)26(25)30(32)36/h1-11,14-18,23-26H,12-13H2. The summed E-state index contributed by atoms with van der Waals surface area (Å²) in [6, 6.07) is 13.9. The van der Waals surface area contributed by atoms with Gasteiger partial charge in [0.1, 0.15) is 11.5 Å². The van der Waals surface area contributed by atoms with E-state index in [0.29, 0.717) is 22.9 Å². The molecule has 8 unspecified atom stereocenters. The molecule has 0 aromatic heterocycles. The summed E-state index contributed by atoms with van der Waals surface area (Å²) in [6.45, 7) is 0. The number of hydrogen-bond donors (Lipinski definition) is 0. The van der Waals surface area contributed by atoms with Crippen molar-refractivity contribution in [1.29, 1.82) is 0 Å². The first-order valence-electron chi connectivity index (χ1n) is 13.0. The van der Waals surface area contributed by atoms with Gasteiger partial charge in [0.2, 0.25) is 23.6 Å².